The molecule has 3 aromatic rings. The molecule has 42 heavy (non-hydrogen) atoms. The first kappa shape index (κ1) is 32.9. The maximum atomic E-state index is 12.4. The predicted molar refractivity (Wildman–Crippen MR) is 170 cm³/mol. The van der Waals surface area contributed by atoms with E-state index in [2.05, 4.69) is 64.1 Å². The standard InChI is InChI=1S/C37H48O5/c1-6-28(5)35-25-30(18-21-36(35)42-26-37(39)40-7-2)34-20-19-33(24-31(34)23-27(3)4)41-22-12-17-32(38)16-11-15-29-13-9-8-10-14-29/h8-10,13-14,18-21,24-25,27-28H,6-7,11-12,15-17,22-23,26H2,1-5H3. The molecule has 0 fully saturated rings. The molecule has 5 heteroatoms. The maximum absolute atomic E-state index is 12.4. The van der Waals surface area contributed by atoms with Gasteiger partial charge in [-0.3, -0.25) is 4.79 Å². The molecule has 0 spiro atoms. The lowest BCUT2D eigenvalue weighted by Gasteiger charge is -2.19. The van der Waals surface area contributed by atoms with Gasteiger partial charge in [0.2, 0.25) is 0 Å². The Kier molecular flexibility index (Phi) is 13.6. The van der Waals surface area contributed by atoms with Crippen molar-refractivity contribution in [1.82, 2.24) is 0 Å². The smallest absolute Gasteiger partial charge is 0.344 e. The molecule has 1 atom stereocenters. The summed E-state index contributed by atoms with van der Waals surface area (Å²) in [5.41, 5.74) is 5.89. The number of benzene rings is 3. The van der Waals surface area contributed by atoms with E-state index in [0.29, 0.717) is 37.8 Å². The van der Waals surface area contributed by atoms with E-state index in [-0.39, 0.29) is 18.5 Å². The highest BCUT2D eigenvalue weighted by molar-refractivity contribution is 5.78. The number of ether oxygens (including phenoxy) is 3. The molecule has 1 unspecified atom stereocenters. The van der Waals surface area contributed by atoms with E-state index in [1.807, 2.05) is 30.3 Å². The Morgan fingerprint density at radius 1 is 0.833 bits per heavy atom. The van der Waals surface area contributed by atoms with E-state index in [4.69, 9.17) is 14.2 Å². The van der Waals surface area contributed by atoms with Crippen molar-refractivity contribution in [2.45, 2.75) is 85.5 Å². The normalized spacial score (nSPS) is 11.8. The number of rotatable bonds is 18. The zero-order chi connectivity index (χ0) is 30.3. The van der Waals surface area contributed by atoms with E-state index in [1.165, 1.54) is 16.7 Å². The number of carbonyl (C=O) groups excluding carboxylic acids is 2. The van der Waals surface area contributed by atoms with Crippen molar-refractivity contribution in [3.8, 4) is 22.6 Å². The Balaban J connectivity index is 1.64. The van der Waals surface area contributed by atoms with Gasteiger partial charge < -0.3 is 14.2 Å². The lowest BCUT2D eigenvalue weighted by atomic mass is 9.90. The highest BCUT2D eigenvalue weighted by atomic mass is 16.6. The van der Waals surface area contributed by atoms with Crippen LogP contribution in [0, 0.1) is 5.92 Å². The monoisotopic (exact) mass is 572 g/mol. The van der Waals surface area contributed by atoms with E-state index in [1.54, 1.807) is 6.92 Å². The average molecular weight is 573 g/mol. The van der Waals surface area contributed by atoms with Crippen molar-refractivity contribution in [1.29, 1.82) is 0 Å². The summed E-state index contributed by atoms with van der Waals surface area (Å²) in [5.74, 6) is 2.26. The summed E-state index contributed by atoms with van der Waals surface area (Å²) >= 11 is 0. The van der Waals surface area contributed by atoms with Crippen LogP contribution < -0.4 is 9.47 Å². The van der Waals surface area contributed by atoms with Gasteiger partial charge in [-0.2, -0.15) is 0 Å². The second-order valence-corrected chi connectivity index (χ2v) is 11.4. The van der Waals surface area contributed by atoms with Crippen molar-refractivity contribution < 1.29 is 23.8 Å². The molecule has 0 aliphatic rings. The van der Waals surface area contributed by atoms with E-state index in [9.17, 15) is 9.59 Å². The number of hydrogen-bond acceptors (Lipinski definition) is 5. The van der Waals surface area contributed by atoms with Crippen LogP contribution in [0.2, 0.25) is 0 Å². The largest absolute Gasteiger partial charge is 0.494 e. The van der Waals surface area contributed by atoms with Crippen LogP contribution in [0.1, 0.15) is 89.3 Å². The summed E-state index contributed by atoms with van der Waals surface area (Å²) in [4.78, 5) is 24.2. The van der Waals surface area contributed by atoms with E-state index in [0.717, 1.165) is 54.7 Å². The molecular weight excluding hydrogens is 524 g/mol. The minimum absolute atomic E-state index is 0.0967. The molecule has 0 aliphatic carbocycles. The lowest BCUT2D eigenvalue weighted by Crippen LogP contribution is -2.15. The van der Waals surface area contributed by atoms with Crippen LogP contribution in [0.5, 0.6) is 11.5 Å². The Morgan fingerprint density at radius 2 is 1.60 bits per heavy atom. The SMILES string of the molecule is CCOC(=O)COc1ccc(-c2ccc(OCCCC(=O)CCCc3ccccc3)cc2CC(C)C)cc1C(C)CC. The predicted octanol–water partition coefficient (Wildman–Crippen LogP) is 8.76. The number of ketones is 1. The first-order chi connectivity index (χ1) is 20.3. The second-order valence-electron chi connectivity index (χ2n) is 11.4. The summed E-state index contributed by atoms with van der Waals surface area (Å²) in [7, 11) is 0. The van der Waals surface area contributed by atoms with Crippen LogP contribution in [0.3, 0.4) is 0 Å². The van der Waals surface area contributed by atoms with Crippen molar-refractivity contribution in [3.63, 3.8) is 0 Å². The van der Waals surface area contributed by atoms with Crippen molar-refractivity contribution >= 4 is 11.8 Å². The van der Waals surface area contributed by atoms with Crippen molar-refractivity contribution in [3.05, 3.63) is 83.4 Å². The van der Waals surface area contributed by atoms with Gasteiger partial charge in [-0.25, -0.2) is 4.79 Å². The Morgan fingerprint density at radius 3 is 2.31 bits per heavy atom. The van der Waals surface area contributed by atoms with Gasteiger partial charge in [-0.05, 0) is 103 Å². The van der Waals surface area contributed by atoms with Gasteiger partial charge in [0.15, 0.2) is 6.61 Å². The fraction of sp³-hybridized carbons (Fsp3) is 0.459. The Hall–Kier alpha value is -3.60. The molecule has 3 rings (SSSR count). The van der Waals surface area contributed by atoms with E-state index < -0.39 is 0 Å². The first-order valence-corrected chi connectivity index (χ1v) is 15.5. The zero-order valence-corrected chi connectivity index (χ0v) is 26.1. The fourth-order valence-corrected chi connectivity index (χ4v) is 5.06. The van der Waals surface area contributed by atoms with Crippen molar-refractivity contribution in [2.75, 3.05) is 19.8 Å². The fourth-order valence-electron chi connectivity index (χ4n) is 5.06. The third kappa shape index (κ3) is 10.7. The number of aryl methyl sites for hydroxylation is 1. The van der Waals surface area contributed by atoms with Crippen LogP contribution in [-0.4, -0.2) is 31.6 Å². The number of esters is 1. The third-order valence-corrected chi connectivity index (χ3v) is 7.45. The van der Waals surface area contributed by atoms with Crippen LogP contribution in [0.25, 0.3) is 11.1 Å². The first-order valence-electron chi connectivity index (χ1n) is 15.5. The minimum Gasteiger partial charge on any atom is -0.494 e. The van der Waals surface area contributed by atoms with Crippen LogP contribution in [-0.2, 0) is 27.2 Å². The molecule has 0 radical (unpaired) electrons. The van der Waals surface area contributed by atoms with Crippen LogP contribution in [0.15, 0.2) is 66.7 Å². The molecule has 3 aromatic carbocycles. The Bertz CT molecular complexity index is 1260. The third-order valence-electron chi connectivity index (χ3n) is 7.45. The maximum Gasteiger partial charge on any atom is 0.344 e. The minimum atomic E-state index is -0.362. The number of Topliss-reactive ketones (excluding diaryl/α,β-unsaturated/α-hetero) is 1. The summed E-state index contributed by atoms with van der Waals surface area (Å²) < 4.78 is 17.0. The van der Waals surface area contributed by atoms with Gasteiger partial charge in [0.05, 0.1) is 13.2 Å². The van der Waals surface area contributed by atoms with Gasteiger partial charge >= 0.3 is 5.97 Å². The number of carbonyl (C=O) groups is 2. The molecule has 0 N–H and O–H groups in total. The zero-order valence-electron chi connectivity index (χ0n) is 26.1. The molecule has 0 saturated carbocycles. The van der Waals surface area contributed by atoms with Crippen molar-refractivity contribution in [2.24, 2.45) is 5.92 Å². The van der Waals surface area contributed by atoms with Gasteiger partial charge in [0, 0.05) is 12.8 Å². The summed E-state index contributed by atoms with van der Waals surface area (Å²) in [6, 6.07) is 22.8. The quantitative estimate of drug-likeness (QED) is 0.113. The van der Waals surface area contributed by atoms with Gasteiger partial charge in [-0.15, -0.1) is 0 Å². The number of hydrogen-bond donors (Lipinski definition) is 0. The summed E-state index contributed by atoms with van der Waals surface area (Å²) in [6.45, 7) is 11.3. The average Bonchev–Trinajstić information content (AvgIpc) is 2.98. The lowest BCUT2D eigenvalue weighted by molar-refractivity contribution is -0.145. The van der Waals surface area contributed by atoms with Crippen LogP contribution >= 0.6 is 0 Å². The van der Waals surface area contributed by atoms with E-state index >= 15 is 0 Å². The Labute approximate surface area is 252 Å². The summed E-state index contributed by atoms with van der Waals surface area (Å²) in [5, 5.41) is 0. The van der Waals surface area contributed by atoms with Gasteiger partial charge in [0.25, 0.3) is 0 Å². The molecule has 5 nitrogen and oxygen atoms in total. The van der Waals surface area contributed by atoms with Crippen LogP contribution in [0.4, 0.5) is 0 Å². The highest BCUT2D eigenvalue weighted by Crippen LogP contribution is 2.36. The van der Waals surface area contributed by atoms with Gasteiger partial charge in [0.1, 0.15) is 17.3 Å². The molecule has 0 aliphatic heterocycles. The molecule has 0 bridgehead atoms. The molecule has 226 valence electrons. The molecule has 0 amide bonds. The highest BCUT2D eigenvalue weighted by Gasteiger charge is 2.16. The topological polar surface area (TPSA) is 61.8 Å². The molecule has 0 heterocycles. The second kappa shape index (κ2) is 17.4. The molecule has 0 aromatic heterocycles. The van der Waals surface area contributed by atoms with Gasteiger partial charge in [-0.1, -0.05) is 70.2 Å². The molecule has 0 saturated heterocycles. The molecular formula is C37H48O5. The summed E-state index contributed by atoms with van der Waals surface area (Å²) in [6.07, 6.45) is 5.60.